The molecule has 3 aromatic rings. The van der Waals surface area contributed by atoms with Crippen LogP contribution < -0.4 is 4.90 Å². The number of carbonyl (C=O) groups is 1. The van der Waals surface area contributed by atoms with E-state index in [-0.39, 0.29) is 12.0 Å². The van der Waals surface area contributed by atoms with Crippen molar-refractivity contribution in [2.45, 2.75) is 38.7 Å². The van der Waals surface area contributed by atoms with Crippen LogP contribution >= 0.6 is 34.3 Å². The molecule has 3 heterocycles. The summed E-state index contributed by atoms with van der Waals surface area (Å²) in [5.74, 6) is 0.0405. The smallest absolute Gasteiger partial charge is 0.234 e. The van der Waals surface area contributed by atoms with Crippen molar-refractivity contribution in [1.82, 2.24) is 4.98 Å². The first kappa shape index (κ1) is 18.9. The normalized spacial score (nSPS) is 16.9. The Kier molecular flexibility index (Phi) is 5.78. The second-order valence-corrected chi connectivity index (χ2v) is 9.48. The van der Waals surface area contributed by atoms with Gasteiger partial charge in [-0.15, -0.1) is 11.3 Å². The minimum absolute atomic E-state index is 0.0405. The summed E-state index contributed by atoms with van der Waals surface area (Å²) in [6.07, 6.45) is 3.44. The molecule has 0 radical (unpaired) electrons. The van der Waals surface area contributed by atoms with Crippen molar-refractivity contribution in [2.75, 3.05) is 18.1 Å². The van der Waals surface area contributed by atoms with Gasteiger partial charge in [-0.2, -0.15) is 0 Å². The molecule has 27 heavy (non-hydrogen) atoms. The molecule has 1 unspecified atom stereocenters. The number of hydrogen-bond donors (Lipinski definition) is 0. The van der Waals surface area contributed by atoms with Crippen molar-refractivity contribution in [1.29, 1.82) is 0 Å². The molecule has 4 rings (SSSR count). The lowest BCUT2D eigenvalue weighted by Crippen LogP contribution is -2.38. The molecule has 0 bridgehead atoms. The summed E-state index contributed by atoms with van der Waals surface area (Å²) < 4.78 is 7.61. The molecule has 1 aliphatic heterocycles. The molecule has 0 N–H and O–H groups in total. The zero-order valence-corrected chi connectivity index (χ0v) is 17.5. The predicted molar refractivity (Wildman–Crippen MR) is 113 cm³/mol. The van der Waals surface area contributed by atoms with Crippen molar-refractivity contribution in [3.63, 3.8) is 0 Å². The van der Waals surface area contributed by atoms with Gasteiger partial charge >= 0.3 is 0 Å². The number of nitrogens with zero attached hydrogens (tertiary/aromatic N) is 2. The number of amides is 1. The fourth-order valence-electron chi connectivity index (χ4n) is 3.26. The lowest BCUT2D eigenvalue weighted by molar-refractivity contribution is -0.118. The van der Waals surface area contributed by atoms with Crippen molar-refractivity contribution in [3.8, 4) is 0 Å². The maximum absolute atomic E-state index is 13.1. The first-order valence-electron chi connectivity index (χ1n) is 9.18. The quantitative estimate of drug-likeness (QED) is 0.541. The number of hydrogen-bond acceptors (Lipinski definition) is 5. The second kappa shape index (κ2) is 8.27. The van der Waals surface area contributed by atoms with E-state index in [9.17, 15) is 4.79 Å². The van der Waals surface area contributed by atoms with Gasteiger partial charge in [-0.3, -0.25) is 9.69 Å². The molecule has 4 nitrogen and oxygen atoms in total. The highest BCUT2D eigenvalue weighted by Crippen LogP contribution is 2.32. The summed E-state index contributed by atoms with van der Waals surface area (Å²) in [4.78, 5) is 20.6. The number of anilines is 1. The van der Waals surface area contributed by atoms with Crippen LogP contribution in [-0.2, 0) is 22.4 Å². The van der Waals surface area contributed by atoms with Gasteiger partial charge in [-0.1, -0.05) is 35.9 Å². The predicted octanol–water partition coefficient (Wildman–Crippen LogP) is 5.33. The van der Waals surface area contributed by atoms with E-state index in [1.807, 2.05) is 18.2 Å². The number of fused-ring (bicyclic) bond motifs is 1. The number of benzene rings is 1. The Morgan fingerprint density at radius 3 is 2.93 bits per heavy atom. The lowest BCUT2D eigenvalue weighted by atomic mass is 10.2. The van der Waals surface area contributed by atoms with Crippen LogP contribution in [0.3, 0.4) is 0 Å². The standard InChI is InChI=1S/C20H21ClN2O2S2/c1-2-13-5-7-16-17(10-13)27-20(22-16)23(12-14-4-3-9-25-14)19(24)11-15-6-8-18(21)26-15/h5-8,10,14H,2-4,9,11-12H2,1H3. The Hall–Kier alpha value is -1.47. The molecule has 142 valence electrons. The highest BCUT2D eigenvalue weighted by atomic mass is 35.5. The summed E-state index contributed by atoms with van der Waals surface area (Å²) >= 11 is 9.05. The number of halogens is 1. The van der Waals surface area contributed by atoms with Gasteiger partial charge in [-0.05, 0) is 49.1 Å². The zero-order valence-electron chi connectivity index (χ0n) is 15.1. The first-order valence-corrected chi connectivity index (χ1v) is 11.2. The minimum Gasteiger partial charge on any atom is -0.376 e. The Morgan fingerprint density at radius 1 is 1.33 bits per heavy atom. The van der Waals surface area contributed by atoms with Gasteiger partial charge in [0, 0.05) is 11.5 Å². The Bertz CT molecular complexity index is 947. The highest BCUT2D eigenvalue weighted by Gasteiger charge is 2.26. The third-order valence-corrected chi connectivity index (χ3v) is 7.02. The van der Waals surface area contributed by atoms with Crippen LogP contribution in [0.4, 0.5) is 5.13 Å². The average molecular weight is 421 g/mol. The molecule has 0 spiro atoms. The molecule has 1 aliphatic rings. The van der Waals surface area contributed by atoms with E-state index in [1.165, 1.54) is 16.9 Å². The van der Waals surface area contributed by atoms with E-state index in [0.717, 1.165) is 46.1 Å². The maximum atomic E-state index is 13.1. The Morgan fingerprint density at radius 2 is 2.22 bits per heavy atom. The molecule has 2 aromatic heterocycles. The van der Waals surface area contributed by atoms with Crippen LogP contribution in [0.15, 0.2) is 30.3 Å². The van der Waals surface area contributed by atoms with E-state index in [0.29, 0.717) is 17.3 Å². The Balaban J connectivity index is 1.62. The minimum atomic E-state index is 0.0405. The van der Waals surface area contributed by atoms with Crippen molar-refractivity contribution in [3.05, 3.63) is 45.1 Å². The molecular formula is C20H21ClN2O2S2. The largest absolute Gasteiger partial charge is 0.376 e. The van der Waals surface area contributed by atoms with Gasteiger partial charge < -0.3 is 4.74 Å². The SMILES string of the molecule is CCc1ccc2nc(N(CC3CCCO3)C(=O)Cc3ccc(Cl)s3)sc2c1. The van der Waals surface area contributed by atoms with Gasteiger partial charge in [0.1, 0.15) is 0 Å². The summed E-state index contributed by atoms with van der Waals surface area (Å²) in [7, 11) is 0. The molecule has 7 heteroatoms. The van der Waals surface area contributed by atoms with Crippen molar-refractivity contribution < 1.29 is 9.53 Å². The monoisotopic (exact) mass is 420 g/mol. The molecule has 0 aliphatic carbocycles. The van der Waals surface area contributed by atoms with Crippen LogP contribution in [0.2, 0.25) is 4.34 Å². The third-order valence-electron chi connectivity index (χ3n) is 4.75. The third kappa shape index (κ3) is 4.35. The van der Waals surface area contributed by atoms with Crippen molar-refractivity contribution >= 4 is 55.5 Å². The maximum Gasteiger partial charge on any atom is 0.234 e. The number of aryl methyl sites for hydroxylation is 1. The van der Waals surface area contributed by atoms with E-state index in [1.54, 1.807) is 16.2 Å². The van der Waals surface area contributed by atoms with Crippen LogP contribution in [0.5, 0.6) is 0 Å². The van der Waals surface area contributed by atoms with Crippen LogP contribution in [-0.4, -0.2) is 30.1 Å². The van der Waals surface area contributed by atoms with Gasteiger partial charge in [0.15, 0.2) is 5.13 Å². The highest BCUT2D eigenvalue weighted by molar-refractivity contribution is 7.22. The van der Waals surface area contributed by atoms with Crippen LogP contribution in [0.25, 0.3) is 10.2 Å². The molecular weight excluding hydrogens is 400 g/mol. The zero-order chi connectivity index (χ0) is 18.8. The van der Waals surface area contributed by atoms with E-state index >= 15 is 0 Å². The summed E-state index contributed by atoms with van der Waals surface area (Å²) in [6.45, 7) is 3.47. The first-order chi connectivity index (χ1) is 13.1. The fraction of sp³-hybridized carbons (Fsp3) is 0.400. The van der Waals surface area contributed by atoms with Gasteiger partial charge in [0.25, 0.3) is 0 Å². The molecule has 1 amide bonds. The molecule has 1 aromatic carbocycles. The molecule has 1 fully saturated rings. The van der Waals surface area contributed by atoms with Crippen LogP contribution in [0.1, 0.15) is 30.2 Å². The van der Waals surface area contributed by atoms with Gasteiger partial charge in [-0.25, -0.2) is 4.98 Å². The number of carbonyl (C=O) groups excluding carboxylic acids is 1. The summed E-state index contributed by atoms with van der Waals surface area (Å²) in [6, 6.07) is 10.1. The number of aromatic nitrogens is 1. The van der Waals surface area contributed by atoms with E-state index in [4.69, 9.17) is 21.3 Å². The summed E-state index contributed by atoms with van der Waals surface area (Å²) in [5, 5.41) is 0.751. The number of thiazole rings is 1. The van der Waals surface area contributed by atoms with Gasteiger partial charge in [0.2, 0.25) is 5.91 Å². The Labute approximate surface area is 171 Å². The van der Waals surface area contributed by atoms with Crippen LogP contribution in [0, 0.1) is 0 Å². The van der Waals surface area contributed by atoms with E-state index < -0.39 is 0 Å². The lowest BCUT2D eigenvalue weighted by Gasteiger charge is -2.22. The summed E-state index contributed by atoms with van der Waals surface area (Å²) in [5.41, 5.74) is 2.22. The van der Waals surface area contributed by atoms with Gasteiger partial charge in [0.05, 0.1) is 33.6 Å². The van der Waals surface area contributed by atoms with E-state index in [2.05, 4.69) is 19.1 Å². The molecule has 1 saturated heterocycles. The number of thiophene rings is 1. The van der Waals surface area contributed by atoms with Crippen molar-refractivity contribution in [2.24, 2.45) is 0 Å². The molecule has 0 saturated carbocycles. The number of rotatable bonds is 6. The molecule has 1 atom stereocenters. The second-order valence-electron chi connectivity index (χ2n) is 6.67. The average Bonchev–Trinajstić information content (AvgIpc) is 3.39. The fourth-order valence-corrected chi connectivity index (χ4v) is 5.40. The number of ether oxygens (including phenoxy) is 1. The topological polar surface area (TPSA) is 42.4 Å².